The Morgan fingerprint density at radius 2 is 2.16 bits per heavy atom. The van der Waals surface area contributed by atoms with E-state index >= 15 is 0 Å². The minimum atomic E-state index is 0.138. The van der Waals surface area contributed by atoms with Crippen molar-refractivity contribution < 1.29 is 4.79 Å². The quantitative estimate of drug-likeness (QED) is 0.822. The molecular formula is C15H25N3O. The van der Waals surface area contributed by atoms with Gasteiger partial charge in [0.1, 0.15) is 5.69 Å². The van der Waals surface area contributed by atoms with Crippen LogP contribution in [0, 0.1) is 5.92 Å². The second-order valence-corrected chi connectivity index (χ2v) is 5.55. The summed E-state index contributed by atoms with van der Waals surface area (Å²) in [6, 6.07) is 1.81. The highest BCUT2D eigenvalue weighted by Crippen LogP contribution is 2.30. The van der Waals surface area contributed by atoms with Crippen LogP contribution < -0.4 is 5.73 Å². The summed E-state index contributed by atoms with van der Waals surface area (Å²) in [6.45, 7) is 6.82. The number of anilines is 1. The van der Waals surface area contributed by atoms with Crippen LogP contribution in [0.15, 0.2) is 12.3 Å². The fourth-order valence-electron chi connectivity index (χ4n) is 2.46. The van der Waals surface area contributed by atoms with E-state index in [0.29, 0.717) is 5.69 Å². The maximum absolute atomic E-state index is 12.7. The van der Waals surface area contributed by atoms with Gasteiger partial charge in [0.25, 0.3) is 5.91 Å². The van der Waals surface area contributed by atoms with Crippen molar-refractivity contribution in [3.63, 3.8) is 0 Å². The molecule has 1 aromatic rings. The fraction of sp³-hybridized carbons (Fsp3) is 0.667. The van der Waals surface area contributed by atoms with Gasteiger partial charge >= 0.3 is 0 Å². The molecule has 0 aromatic carbocycles. The SMILES string of the molecule is CCCN(CC1CC1)C(=O)c1cc(N)cn1CCC. The molecule has 2 N–H and O–H groups in total. The van der Waals surface area contributed by atoms with Gasteiger partial charge < -0.3 is 15.2 Å². The van der Waals surface area contributed by atoms with E-state index in [1.165, 1.54) is 12.8 Å². The lowest BCUT2D eigenvalue weighted by Crippen LogP contribution is -2.34. The molecule has 0 bridgehead atoms. The number of rotatable bonds is 7. The minimum Gasteiger partial charge on any atom is -0.397 e. The molecule has 0 saturated heterocycles. The monoisotopic (exact) mass is 263 g/mol. The van der Waals surface area contributed by atoms with Crippen LogP contribution in [0.5, 0.6) is 0 Å². The van der Waals surface area contributed by atoms with E-state index in [9.17, 15) is 4.79 Å². The van der Waals surface area contributed by atoms with Gasteiger partial charge in [0, 0.05) is 25.8 Å². The Bertz CT molecular complexity index is 435. The lowest BCUT2D eigenvalue weighted by atomic mass is 10.2. The van der Waals surface area contributed by atoms with E-state index in [1.54, 1.807) is 0 Å². The van der Waals surface area contributed by atoms with Gasteiger partial charge in [-0.1, -0.05) is 13.8 Å². The number of hydrogen-bond donors (Lipinski definition) is 1. The second kappa shape index (κ2) is 6.13. The summed E-state index contributed by atoms with van der Waals surface area (Å²) in [5, 5.41) is 0. The molecule has 1 heterocycles. The number of amides is 1. The Morgan fingerprint density at radius 1 is 1.42 bits per heavy atom. The zero-order chi connectivity index (χ0) is 13.8. The van der Waals surface area contributed by atoms with E-state index < -0.39 is 0 Å². The van der Waals surface area contributed by atoms with Crippen LogP contribution in [0.1, 0.15) is 50.0 Å². The fourth-order valence-corrected chi connectivity index (χ4v) is 2.46. The van der Waals surface area contributed by atoms with Crippen LogP contribution in [0.2, 0.25) is 0 Å². The molecule has 0 atom stereocenters. The maximum Gasteiger partial charge on any atom is 0.270 e. The number of carbonyl (C=O) groups is 1. The standard InChI is InChI=1S/C15H25N3O/c1-3-7-17-11-13(16)9-14(17)15(19)18(8-4-2)10-12-5-6-12/h9,11-12H,3-8,10,16H2,1-2H3. The van der Waals surface area contributed by atoms with Crippen molar-refractivity contribution in [3.8, 4) is 0 Å². The topological polar surface area (TPSA) is 51.3 Å². The van der Waals surface area contributed by atoms with Gasteiger partial charge in [-0.05, 0) is 37.7 Å². The minimum absolute atomic E-state index is 0.138. The summed E-state index contributed by atoms with van der Waals surface area (Å²) in [5.41, 5.74) is 7.27. The first-order valence-electron chi connectivity index (χ1n) is 7.40. The molecule has 0 radical (unpaired) electrons. The summed E-state index contributed by atoms with van der Waals surface area (Å²) in [4.78, 5) is 14.7. The zero-order valence-electron chi connectivity index (χ0n) is 12.1. The summed E-state index contributed by atoms with van der Waals surface area (Å²) in [6.07, 6.45) is 6.42. The number of aromatic nitrogens is 1. The molecule has 106 valence electrons. The predicted molar refractivity (Wildman–Crippen MR) is 78.1 cm³/mol. The Labute approximate surface area is 115 Å². The van der Waals surface area contributed by atoms with Gasteiger partial charge in [0.15, 0.2) is 0 Å². The lowest BCUT2D eigenvalue weighted by molar-refractivity contribution is 0.0736. The van der Waals surface area contributed by atoms with Crippen LogP contribution in [-0.2, 0) is 6.54 Å². The zero-order valence-corrected chi connectivity index (χ0v) is 12.1. The Kier molecular flexibility index (Phi) is 4.51. The second-order valence-electron chi connectivity index (χ2n) is 5.55. The Balaban J connectivity index is 2.14. The van der Waals surface area contributed by atoms with E-state index in [0.717, 1.165) is 44.1 Å². The van der Waals surface area contributed by atoms with Crippen molar-refractivity contribution in [1.29, 1.82) is 0 Å². The molecule has 2 rings (SSSR count). The Morgan fingerprint density at radius 3 is 2.74 bits per heavy atom. The first-order chi connectivity index (χ1) is 9.15. The van der Waals surface area contributed by atoms with Gasteiger partial charge in [-0.3, -0.25) is 4.79 Å². The summed E-state index contributed by atoms with van der Waals surface area (Å²) >= 11 is 0. The normalized spacial score (nSPS) is 14.6. The van der Waals surface area contributed by atoms with Gasteiger partial charge in [-0.25, -0.2) is 0 Å². The first-order valence-corrected chi connectivity index (χ1v) is 7.40. The van der Waals surface area contributed by atoms with Crippen LogP contribution in [-0.4, -0.2) is 28.5 Å². The van der Waals surface area contributed by atoms with Gasteiger partial charge in [-0.2, -0.15) is 0 Å². The van der Waals surface area contributed by atoms with E-state index in [2.05, 4.69) is 13.8 Å². The van der Waals surface area contributed by atoms with Crippen LogP contribution >= 0.6 is 0 Å². The predicted octanol–water partition coefficient (Wildman–Crippen LogP) is 2.74. The molecule has 0 aliphatic heterocycles. The number of hydrogen-bond acceptors (Lipinski definition) is 2. The first kappa shape index (κ1) is 14.0. The molecule has 19 heavy (non-hydrogen) atoms. The molecule has 0 unspecified atom stereocenters. The van der Waals surface area contributed by atoms with Crippen LogP contribution in [0.4, 0.5) is 5.69 Å². The van der Waals surface area contributed by atoms with Crippen LogP contribution in [0.25, 0.3) is 0 Å². The molecule has 1 amide bonds. The third-order valence-corrected chi connectivity index (χ3v) is 3.56. The summed E-state index contributed by atoms with van der Waals surface area (Å²) < 4.78 is 1.99. The lowest BCUT2D eigenvalue weighted by Gasteiger charge is -2.22. The smallest absolute Gasteiger partial charge is 0.270 e. The number of nitrogens with two attached hydrogens (primary N) is 1. The van der Waals surface area contributed by atoms with E-state index in [1.807, 2.05) is 21.7 Å². The molecule has 4 heteroatoms. The van der Waals surface area contributed by atoms with E-state index in [-0.39, 0.29) is 5.91 Å². The van der Waals surface area contributed by atoms with Crippen LogP contribution in [0.3, 0.4) is 0 Å². The van der Waals surface area contributed by atoms with Crippen molar-refractivity contribution in [1.82, 2.24) is 9.47 Å². The molecule has 1 fully saturated rings. The number of carbonyl (C=O) groups excluding carboxylic acids is 1. The summed E-state index contributed by atoms with van der Waals surface area (Å²) in [5.74, 6) is 0.862. The number of nitrogen functional groups attached to an aromatic ring is 1. The van der Waals surface area contributed by atoms with Gasteiger partial charge in [0.05, 0.1) is 5.69 Å². The molecule has 1 aliphatic carbocycles. The average molecular weight is 263 g/mol. The largest absolute Gasteiger partial charge is 0.397 e. The molecule has 0 spiro atoms. The third-order valence-electron chi connectivity index (χ3n) is 3.56. The Hall–Kier alpha value is -1.45. The van der Waals surface area contributed by atoms with E-state index in [4.69, 9.17) is 5.73 Å². The van der Waals surface area contributed by atoms with Crippen molar-refractivity contribution in [2.24, 2.45) is 5.92 Å². The highest BCUT2D eigenvalue weighted by Gasteiger charge is 2.28. The highest BCUT2D eigenvalue weighted by molar-refractivity contribution is 5.93. The van der Waals surface area contributed by atoms with Crippen molar-refractivity contribution >= 4 is 11.6 Å². The number of aryl methyl sites for hydroxylation is 1. The highest BCUT2D eigenvalue weighted by atomic mass is 16.2. The molecule has 4 nitrogen and oxygen atoms in total. The molecule has 1 saturated carbocycles. The van der Waals surface area contributed by atoms with Gasteiger partial charge in [-0.15, -0.1) is 0 Å². The van der Waals surface area contributed by atoms with Crippen molar-refractivity contribution in [2.45, 2.75) is 46.1 Å². The molecule has 1 aliphatic rings. The van der Waals surface area contributed by atoms with Gasteiger partial charge in [0.2, 0.25) is 0 Å². The molecule has 1 aromatic heterocycles. The van der Waals surface area contributed by atoms with Crippen molar-refractivity contribution in [3.05, 3.63) is 18.0 Å². The van der Waals surface area contributed by atoms with Crippen molar-refractivity contribution in [2.75, 3.05) is 18.8 Å². The third kappa shape index (κ3) is 3.52. The maximum atomic E-state index is 12.7. The summed E-state index contributed by atoms with van der Waals surface area (Å²) in [7, 11) is 0. The molecular weight excluding hydrogens is 238 g/mol. The number of nitrogens with zero attached hydrogens (tertiary/aromatic N) is 2. The average Bonchev–Trinajstić information content (AvgIpc) is 3.11.